The van der Waals surface area contributed by atoms with Gasteiger partial charge in [0.1, 0.15) is 0 Å². The van der Waals surface area contributed by atoms with Gasteiger partial charge in [-0.3, -0.25) is 14.4 Å². The summed E-state index contributed by atoms with van der Waals surface area (Å²) >= 11 is 9.32. The van der Waals surface area contributed by atoms with Crippen LogP contribution in [0.5, 0.6) is 0 Å². The third-order valence-electron chi connectivity index (χ3n) is 5.95. The second-order valence-corrected chi connectivity index (χ2v) is 11.5. The maximum atomic E-state index is 11.2. The number of carbonyl (C=O) groups excluding carboxylic acids is 10. The first-order valence-corrected chi connectivity index (χ1v) is 19.2. The van der Waals surface area contributed by atoms with Crippen LogP contribution in [0.1, 0.15) is 71.6 Å². The lowest BCUT2D eigenvalue weighted by atomic mass is 10.1. The molecule has 62 heavy (non-hydrogen) atoms. The van der Waals surface area contributed by atoms with Crippen molar-refractivity contribution in [3.05, 3.63) is 38.0 Å². The molecule has 358 valence electrons. The van der Waals surface area contributed by atoms with E-state index >= 15 is 0 Å². The molecule has 23 heteroatoms. The molecule has 0 rings (SSSR count). The van der Waals surface area contributed by atoms with Crippen LogP contribution in [0, 0.1) is 5.92 Å². The van der Waals surface area contributed by atoms with Gasteiger partial charge in [-0.05, 0) is 74.2 Å². The number of hydrogen-bond donors (Lipinski definition) is 3. The lowest BCUT2D eigenvalue weighted by Crippen LogP contribution is -2.20. The van der Waals surface area contributed by atoms with Gasteiger partial charge in [-0.1, -0.05) is 33.6 Å². The molecule has 0 amide bonds. The highest BCUT2D eigenvalue weighted by Gasteiger charge is 2.16. The zero-order valence-corrected chi connectivity index (χ0v) is 37.4. The fourth-order valence-corrected chi connectivity index (χ4v) is 2.63. The number of allylic oxidation sites excluding steroid dienone is 1. The average molecular weight is 938 g/mol. The summed E-state index contributed by atoms with van der Waals surface area (Å²) in [5.74, 6) is -6.56. The summed E-state index contributed by atoms with van der Waals surface area (Å²) in [6.45, 7) is 14.6. The van der Waals surface area contributed by atoms with Crippen molar-refractivity contribution in [1.82, 2.24) is 0 Å². The fourth-order valence-electron chi connectivity index (χ4n) is 2.55. The van der Waals surface area contributed by atoms with Gasteiger partial charge < -0.3 is 53.2 Å². The predicted molar refractivity (Wildman–Crippen MR) is 221 cm³/mol. The molecule has 0 aliphatic heterocycles. The molecular weight excluding hydrogens is 875 g/mol. The van der Waals surface area contributed by atoms with Crippen molar-refractivity contribution >= 4 is 81.4 Å². The van der Waals surface area contributed by atoms with Gasteiger partial charge in [0.05, 0.1) is 60.3 Å². The van der Waals surface area contributed by atoms with Crippen LogP contribution in [-0.2, 0) is 85.8 Å². The molecule has 0 saturated carbocycles. The number of aliphatic hydroxyl groups excluding tert-OH is 3. The Balaban J connectivity index is -0.000000159. The summed E-state index contributed by atoms with van der Waals surface area (Å²) in [5, 5.41) is 23.2. The number of halogens is 2. The Morgan fingerprint density at radius 2 is 0.806 bits per heavy atom. The van der Waals surface area contributed by atoms with Crippen LogP contribution in [-0.4, -0.2) is 148 Å². The second kappa shape index (κ2) is 53.8. The minimum atomic E-state index is -1.09. The normalized spacial score (nSPS) is 9.39. The Labute approximate surface area is 371 Å². The van der Waals surface area contributed by atoms with Crippen LogP contribution in [0.15, 0.2) is 38.0 Å². The van der Waals surface area contributed by atoms with Gasteiger partial charge in [0.25, 0.3) is 0 Å². The van der Waals surface area contributed by atoms with E-state index in [0.29, 0.717) is 19.4 Å². The summed E-state index contributed by atoms with van der Waals surface area (Å²) in [4.78, 5) is 104. The largest absolute Gasteiger partial charge is 0.465 e. The Bertz CT molecular complexity index is 1300. The Kier molecular flexibility index (Phi) is 59.4. The van der Waals surface area contributed by atoms with Crippen LogP contribution in [0.25, 0.3) is 0 Å². The maximum Gasteiger partial charge on any atom is 0.417 e. The molecule has 3 N–H and O–H groups in total. The van der Waals surface area contributed by atoms with E-state index in [4.69, 9.17) is 36.4 Å². The zero-order valence-electron chi connectivity index (χ0n) is 35.9. The number of methoxy groups -OCH3 is 3. The molecule has 0 spiro atoms. The van der Waals surface area contributed by atoms with Crippen molar-refractivity contribution in [2.24, 2.45) is 5.92 Å². The van der Waals surface area contributed by atoms with E-state index in [0.717, 1.165) is 84.5 Å². The first-order chi connectivity index (χ1) is 29.3. The molecule has 0 aliphatic carbocycles. The molecule has 0 bridgehead atoms. The van der Waals surface area contributed by atoms with E-state index < -0.39 is 46.3 Å². The van der Waals surface area contributed by atoms with Crippen molar-refractivity contribution in [2.75, 3.05) is 74.2 Å². The van der Waals surface area contributed by atoms with E-state index in [2.05, 4.69) is 59.8 Å². The Morgan fingerprint density at radius 1 is 0.484 bits per heavy atom. The van der Waals surface area contributed by atoms with Gasteiger partial charge in [-0.15, -0.1) is 0 Å². The van der Waals surface area contributed by atoms with E-state index in [9.17, 15) is 47.9 Å². The maximum absolute atomic E-state index is 11.2. The highest BCUT2D eigenvalue weighted by molar-refractivity contribution is 6.80. The third-order valence-corrected chi connectivity index (χ3v) is 6.26. The van der Waals surface area contributed by atoms with Crippen molar-refractivity contribution < 1.29 is 101 Å². The molecule has 0 aromatic carbocycles. The summed E-state index contributed by atoms with van der Waals surface area (Å²) in [6, 6.07) is 0. The highest BCUT2D eigenvalue weighted by Crippen LogP contribution is 2.03. The average Bonchev–Trinajstić information content (AvgIpc) is 3.28. The minimum Gasteiger partial charge on any atom is -0.465 e. The van der Waals surface area contributed by atoms with Crippen LogP contribution >= 0.6 is 23.2 Å². The first-order valence-electron chi connectivity index (χ1n) is 18.5. The number of unbranched alkanes of at least 4 members (excludes halogenated alkanes) is 4. The summed E-state index contributed by atoms with van der Waals surface area (Å²) in [6.07, 6.45) is 9.64. The van der Waals surface area contributed by atoms with Gasteiger partial charge in [-0.25, -0.2) is 33.6 Å². The monoisotopic (exact) mass is 936 g/mol. The van der Waals surface area contributed by atoms with Crippen molar-refractivity contribution in [3.8, 4) is 0 Å². The molecule has 0 aromatic heterocycles. The molecular formula is C39H62Cl2O21. The van der Waals surface area contributed by atoms with Gasteiger partial charge >= 0.3 is 53.0 Å². The Morgan fingerprint density at radius 3 is 1.08 bits per heavy atom. The van der Waals surface area contributed by atoms with Crippen LogP contribution < -0.4 is 0 Å². The molecule has 1 unspecified atom stereocenters. The zero-order chi connectivity index (χ0) is 49.1. The van der Waals surface area contributed by atoms with Gasteiger partial charge in [0.2, 0.25) is 5.24 Å². The summed E-state index contributed by atoms with van der Waals surface area (Å²) < 4.78 is 35.4. The fraction of sp³-hybridized carbons (Fsp3) is 0.590. The molecule has 0 heterocycles. The van der Waals surface area contributed by atoms with Crippen molar-refractivity contribution in [2.45, 2.75) is 71.6 Å². The highest BCUT2D eigenvalue weighted by atomic mass is 35.5. The SMILES string of the molecule is C=CC(=O)Cl.C=CC(=O)OCCCCCO.C=CC(=O)OCCCOC(=O)C(=O)OC.CCC(C)C(=O)OCCCOC(=O)C(=O)OC.COC(=O)C(=O)Cl.OCCCCCO. The standard InChI is InChI=1S/C11H18O6.C9H12O6.C8H14O3.C5H12O2.C3H3ClO3.C3H3ClO/c1-4-8(2)9(12)16-6-5-7-17-11(14)10(13)15-3;1-3-7(10)14-5-4-6-15-9(12)8(11)13-2;1-2-8(10)11-7-5-3-4-6-9;6-4-2-1-3-5-7;1-7-3(6)2(4)5;1-2-3(4)5/h8H,4-7H2,1-3H3;3H,1,4-6H2,2H3;2,9H,1,3-7H2;6-7H,1-5H2;1H3;2H,1H2. The number of esters is 8. The number of ether oxygens (including phenoxy) is 8. The van der Waals surface area contributed by atoms with Crippen LogP contribution in [0.4, 0.5) is 0 Å². The molecule has 0 aliphatic rings. The van der Waals surface area contributed by atoms with Crippen LogP contribution in [0.2, 0.25) is 0 Å². The van der Waals surface area contributed by atoms with E-state index in [1.54, 1.807) is 6.92 Å². The summed E-state index contributed by atoms with van der Waals surface area (Å²) in [5.41, 5.74) is 0. The summed E-state index contributed by atoms with van der Waals surface area (Å²) in [7, 11) is 3.26. The number of rotatable bonds is 23. The van der Waals surface area contributed by atoms with E-state index in [1.807, 2.05) is 6.92 Å². The number of carbonyl (C=O) groups is 10. The molecule has 0 fully saturated rings. The lowest BCUT2D eigenvalue weighted by molar-refractivity contribution is -0.166. The van der Waals surface area contributed by atoms with Crippen molar-refractivity contribution in [3.63, 3.8) is 0 Å². The van der Waals surface area contributed by atoms with Gasteiger partial charge in [-0.2, -0.15) is 0 Å². The van der Waals surface area contributed by atoms with E-state index in [1.165, 1.54) is 0 Å². The van der Waals surface area contributed by atoms with E-state index in [-0.39, 0.29) is 64.1 Å². The molecule has 1 atom stereocenters. The van der Waals surface area contributed by atoms with Gasteiger partial charge in [0, 0.05) is 44.8 Å². The lowest BCUT2D eigenvalue weighted by Gasteiger charge is -2.09. The van der Waals surface area contributed by atoms with Crippen LogP contribution in [0.3, 0.4) is 0 Å². The van der Waals surface area contributed by atoms with Gasteiger partial charge in [0.15, 0.2) is 0 Å². The number of hydrogen-bond acceptors (Lipinski definition) is 21. The minimum absolute atomic E-state index is 0.0155. The number of aliphatic hydroxyl groups is 3. The molecule has 0 aromatic rings. The second-order valence-electron chi connectivity index (χ2n) is 10.7. The quantitative estimate of drug-likeness (QED) is 0.0331. The smallest absolute Gasteiger partial charge is 0.417 e. The third kappa shape index (κ3) is 59.1. The molecule has 0 radical (unpaired) electrons. The van der Waals surface area contributed by atoms with Crippen molar-refractivity contribution in [1.29, 1.82) is 0 Å². The molecule has 21 nitrogen and oxygen atoms in total. The topological polar surface area (TPSA) is 305 Å². The Hall–Kier alpha value is -5.22. The first kappa shape index (κ1) is 68.5. The predicted octanol–water partition coefficient (Wildman–Crippen LogP) is 2.39. The molecule has 0 saturated heterocycles.